The summed E-state index contributed by atoms with van der Waals surface area (Å²) in [5.74, 6) is -0.563. The molecule has 0 bridgehead atoms. The Morgan fingerprint density at radius 1 is 0.895 bits per heavy atom. The Labute approximate surface area is 218 Å². The highest BCUT2D eigenvalue weighted by Gasteiger charge is 2.18. The Bertz CT molecular complexity index is 1650. The van der Waals surface area contributed by atoms with Crippen molar-refractivity contribution in [3.8, 4) is 22.6 Å². The van der Waals surface area contributed by atoms with Crippen LogP contribution in [0.3, 0.4) is 0 Å². The van der Waals surface area contributed by atoms with Gasteiger partial charge >= 0.3 is 0 Å². The van der Waals surface area contributed by atoms with Gasteiger partial charge in [-0.2, -0.15) is 0 Å². The van der Waals surface area contributed by atoms with E-state index in [4.69, 9.17) is 9.47 Å². The molecule has 7 heteroatoms. The van der Waals surface area contributed by atoms with Gasteiger partial charge in [-0.05, 0) is 52.9 Å². The van der Waals surface area contributed by atoms with Crippen LogP contribution in [0.4, 0.5) is 4.39 Å². The third kappa shape index (κ3) is 5.47. The molecule has 38 heavy (non-hydrogen) atoms. The number of benzene rings is 4. The number of carbonyl (C=O) groups excluding carboxylic acids is 1. The zero-order valence-electron chi connectivity index (χ0n) is 20.7. The number of H-pyrrole nitrogens is 1. The fourth-order valence-corrected chi connectivity index (χ4v) is 4.23. The van der Waals surface area contributed by atoms with Gasteiger partial charge in [-0.15, -0.1) is 0 Å². The van der Waals surface area contributed by atoms with Gasteiger partial charge in [0.05, 0.1) is 12.6 Å². The lowest BCUT2D eigenvalue weighted by Gasteiger charge is -2.11. The molecule has 5 rings (SSSR count). The van der Waals surface area contributed by atoms with Crippen molar-refractivity contribution in [3.63, 3.8) is 0 Å². The van der Waals surface area contributed by atoms with E-state index in [-0.39, 0.29) is 41.3 Å². The van der Waals surface area contributed by atoms with Gasteiger partial charge < -0.3 is 14.5 Å². The molecule has 0 radical (unpaired) electrons. The summed E-state index contributed by atoms with van der Waals surface area (Å²) in [4.78, 5) is 32.5. The van der Waals surface area contributed by atoms with Crippen LogP contribution >= 0.6 is 0 Å². The van der Waals surface area contributed by atoms with Gasteiger partial charge in [0.2, 0.25) is 0 Å². The molecule has 6 nitrogen and oxygen atoms in total. The van der Waals surface area contributed by atoms with Crippen LogP contribution in [0.25, 0.3) is 22.0 Å². The summed E-state index contributed by atoms with van der Waals surface area (Å²) in [6.07, 6.45) is 0.601. The van der Waals surface area contributed by atoms with E-state index in [0.29, 0.717) is 12.2 Å². The number of aromatic nitrogens is 2. The Morgan fingerprint density at radius 3 is 2.42 bits per heavy atom. The number of fused-ring (bicyclic) bond motifs is 1. The highest BCUT2D eigenvalue weighted by atomic mass is 19.1. The molecule has 1 heterocycles. The van der Waals surface area contributed by atoms with Gasteiger partial charge in [0.15, 0.2) is 23.2 Å². The molecule has 0 saturated heterocycles. The minimum Gasteiger partial charge on any atom is -0.497 e. The molecule has 0 atom stereocenters. The van der Waals surface area contributed by atoms with Crippen LogP contribution in [-0.4, -0.2) is 22.9 Å². The second kappa shape index (κ2) is 11.1. The normalized spacial score (nSPS) is 10.9. The molecule has 0 spiro atoms. The van der Waals surface area contributed by atoms with Crippen molar-refractivity contribution in [3.05, 3.63) is 124 Å². The fourth-order valence-electron chi connectivity index (χ4n) is 4.23. The van der Waals surface area contributed by atoms with Crippen molar-refractivity contribution >= 4 is 16.7 Å². The lowest BCUT2D eigenvalue weighted by Crippen LogP contribution is -2.17. The van der Waals surface area contributed by atoms with Gasteiger partial charge in [0.1, 0.15) is 17.7 Å². The molecule has 1 N–H and O–H groups in total. The number of rotatable bonds is 9. The van der Waals surface area contributed by atoms with E-state index in [1.54, 1.807) is 7.11 Å². The molecule has 0 aliphatic carbocycles. The molecule has 4 aromatic carbocycles. The number of ketones is 1. The number of carbonyl (C=O) groups is 1. The quantitative estimate of drug-likeness (QED) is 0.242. The van der Waals surface area contributed by atoms with E-state index in [2.05, 4.69) is 9.97 Å². The van der Waals surface area contributed by atoms with Crippen LogP contribution < -0.4 is 15.0 Å². The lowest BCUT2D eigenvalue weighted by atomic mass is 10.0. The number of hydrogen-bond donors (Lipinski definition) is 1. The topological polar surface area (TPSA) is 81.3 Å². The smallest absolute Gasteiger partial charge is 0.263 e. The van der Waals surface area contributed by atoms with Gasteiger partial charge in [0.25, 0.3) is 5.56 Å². The van der Waals surface area contributed by atoms with Gasteiger partial charge in [-0.3, -0.25) is 9.59 Å². The predicted molar refractivity (Wildman–Crippen MR) is 144 cm³/mol. The third-order valence-corrected chi connectivity index (χ3v) is 6.26. The minimum atomic E-state index is -0.678. The Kier molecular flexibility index (Phi) is 7.26. The summed E-state index contributed by atoms with van der Waals surface area (Å²) in [5.41, 5.74) is 3.44. The van der Waals surface area contributed by atoms with Crippen LogP contribution in [0.1, 0.15) is 28.2 Å². The fraction of sp³-hybridized carbons (Fsp3) is 0.129. The number of aromatic amines is 1. The number of nitrogens with one attached hydrogen (secondary N) is 1. The van der Waals surface area contributed by atoms with E-state index in [0.717, 1.165) is 22.3 Å². The summed E-state index contributed by atoms with van der Waals surface area (Å²) >= 11 is 0. The van der Waals surface area contributed by atoms with Crippen LogP contribution in [0.2, 0.25) is 0 Å². The Hall–Kier alpha value is -4.78. The molecule has 1 aromatic heterocycles. The number of nitrogens with zero attached hydrogens (tertiary/aromatic N) is 1. The predicted octanol–water partition coefficient (Wildman–Crippen LogP) is 6.13. The maximum atomic E-state index is 14.7. The van der Waals surface area contributed by atoms with Crippen molar-refractivity contribution in [2.24, 2.45) is 0 Å². The number of Topliss-reactive ketones (excluding diaryl/α,β-unsaturated/α-hetero) is 1. The molecule has 5 aromatic rings. The zero-order chi connectivity index (χ0) is 26.5. The average Bonchev–Trinajstić information content (AvgIpc) is 2.96. The van der Waals surface area contributed by atoms with Crippen LogP contribution in [0.15, 0.2) is 95.8 Å². The van der Waals surface area contributed by atoms with Crippen molar-refractivity contribution in [2.75, 3.05) is 7.11 Å². The summed E-state index contributed by atoms with van der Waals surface area (Å²) in [7, 11) is 1.58. The van der Waals surface area contributed by atoms with Crippen LogP contribution in [0, 0.1) is 5.82 Å². The first-order chi connectivity index (χ1) is 18.5. The SMILES string of the molecule is COc1cccc(CCC(=O)c2nc3ccc(F)c(OCc4ccc(-c5ccccc5)cc4)c3c(=O)[nH]2)c1. The first kappa shape index (κ1) is 24.9. The largest absolute Gasteiger partial charge is 0.497 e. The molecule has 0 aliphatic rings. The molecule has 0 saturated carbocycles. The maximum absolute atomic E-state index is 14.7. The van der Waals surface area contributed by atoms with E-state index in [1.807, 2.05) is 78.9 Å². The molecular formula is C31H25FN2O4. The Morgan fingerprint density at radius 2 is 1.66 bits per heavy atom. The molecular weight excluding hydrogens is 483 g/mol. The van der Waals surface area contributed by atoms with E-state index in [1.165, 1.54) is 12.1 Å². The summed E-state index contributed by atoms with van der Waals surface area (Å²) < 4.78 is 25.7. The number of ether oxygens (including phenoxy) is 2. The van der Waals surface area contributed by atoms with E-state index in [9.17, 15) is 14.0 Å². The van der Waals surface area contributed by atoms with Crippen LogP contribution in [0.5, 0.6) is 11.5 Å². The molecule has 0 fully saturated rings. The highest BCUT2D eigenvalue weighted by Crippen LogP contribution is 2.27. The van der Waals surface area contributed by atoms with Gasteiger partial charge in [0, 0.05) is 6.42 Å². The van der Waals surface area contributed by atoms with E-state index >= 15 is 0 Å². The first-order valence-corrected chi connectivity index (χ1v) is 12.2. The van der Waals surface area contributed by atoms with Crippen molar-refractivity contribution < 1.29 is 18.7 Å². The standard InChI is InChI=1S/C31H25FN2O4/c1-37-24-9-5-6-20(18-24)12-17-27(35)30-33-26-16-15-25(32)29(28(26)31(36)34-30)38-19-21-10-13-23(14-11-21)22-7-3-2-4-8-22/h2-11,13-16,18H,12,17,19H2,1H3,(H,33,34,36). The maximum Gasteiger partial charge on any atom is 0.263 e. The van der Waals surface area contributed by atoms with Crippen molar-refractivity contribution in [2.45, 2.75) is 19.4 Å². The Balaban J connectivity index is 1.33. The summed E-state index contributed by atoms with van der Waals surface area (Å²) in [6, 6.07) is 27.7. The van der Waals surface area contributed by atoms with Crippen molar-refractivity contribution in [1.29, 1.82) is 0 Å². The summed E-state index contributed by atoms with van der Waals surface area (Å²) in [5, 5.41) is -0.0322. The zero-order valence-corrected chi connectivity index (χ0v) is 20.7. The lowest BCUT2D eigenvalue weighted by molar-refractivity contribution is 0.0973. The first-order valence-electron chi connectivity index (χ1n) is 12.2. The molecule has 0 amide bonds. The number of halogens is 1. The van der Waals surface area contributed by atoms with Gasteiger partial charge in [-0.1, -0.05) is 66.7 Å². The second-order valence-corrected chi connectivity index (χ2v) is 8.81. The summed E-state index contributed by atoms with van der Waals surface area (Å²) in [6.45, 7) is 0.0613. The monoisotopic (exact) mass is 508 g/mol. The average molecular weight is 509 g/mol. The van der Waals surface area contributed by atoms with E-state index < -0.39 is 11.4 Å². The van der Waals surface area contributed by atoms with Crippen LogP contribution in [-0.2, 0) is 13.0 Å². The third-order valence-electron chi connectivity index (χ3n) is 6.26. The highest BCUT2D eigenvalue weighted by molar-refractivity contribution is 5.95. The number of aryl methyl sites for hydroxylation is 1. The van der Waals surface area contributed by atoms with Crippen molar-refractivity contribution in [1.82, 2.24) is 9.97 Å². The second-order valence-electron chi connectivity index (χ2n) is 8.81. The minimum absolute atomic E-state index is 0.0322. The molecule has 0 aliphatic heterocycles. The molecule has 190 valence electrons. The molecule has 0 unspecified atom stereocenters. The number of methoxy groups -OCH3 is 1. The number of hydrogen-bond acceptors (Lipinski definition) is 5. The van der Waals surface area contributed by atoms with Gasteiger partial charge in [-0.25, -0.2) is 9.37 Å².